The molecule has 0 saturated heterocycles. The molecule has 2 heterocycles. The van der Waals surface area contributed by atoms with Gasteiger partial charge in [-0.15, -0.1) is 0 Å². The summed E-state index contributed by atoms with van der Waals surface area (Å²) in [6.45, 7) is 0. The summed E-state index contributed by atoms with van der Waals surface area (Å²) in [4.78, 5) is 9.76. The average Bonchev–Trinajstić information content (AvgIpc) is 3.45. The van der Waals surface area contributed by atoms with E-state index in [0.717, 1.165) is 44.6 Å². The van der Waals surface area contributed by atoms with Gasteiger partial charge in [-0.05, 0) is 76.2 Å². The van der Waals surface area contributed by atoms with E-state index in [4.69, 9.17) is 4.98 Å². The SMILES string of the molecule is c1ccc(-n2c(-c3cccc(-c4cccc(-c5cc6cccnc6c6ccccc56)c4)c3)nc3ccccc32)cc1. The Labute approximate surface area is 238 Å². The third-order valence-corrected chi connectivity index (χ3v) is 7.81. The van der Waals surface area contributed by atoms with Crippen LogP contribution in [0.15, 0.2) is 152 Å². The largest absolute Gasteiger partial charge is 0.292 e. The van der Waals surface area contributed by atoms with Crippen molar-refractivity contribution >= 4 is 32.7 Å². The predicted octanol–water partition coefficient (Wildman–Crippen LogP) is 9.73. The maximum atomic E-state index is 5.08. The lowest BCUT2D eigenvalue weighted by atomic mass is 9.93. The fourth-order valence-corrected chi connectivity index (χ4v) is 5.92. The summed E-state index contributed by atoms with van der Waals surface area (Å²) in [6.07, 6.45) is 1.87. The third kappa shape index (κ3) is 3.98. The van der Waals surface area contributed by atoms with Gasteiger partial charge in [0, 0.05) is 28.2 Å². The number of pyridine rings is 1. The molecule has 0 fully saturated rings. The number of hydrogen-bond donors (Lipinski definition) is 0. The zero-order valence-corrected chi connectivity index (χ0v) is 22.3. The van der Waals surface area contributed by atoms with Gasteiger partial charge in [-0.2, -0.15) is 0 Å². The molecule has 0 aliphatic carbocycles. The predicted molar refractivity (Wildman–Crippen MR) is 170 cm³/mol. The lowest BCUT2D eigenvalue weighted by Gasteiger charge is -2.13. The monoisotopic (exact) mass is 523 g/mol. The van der Waals surface area contributed by atoms with Gasteiger partial charge in [0.25, 0.3) is 0 Å². The second-order valence-electron chi connectivity index (χ2n) is 10.3. The minimum absolute atomic E-state index is 0.934. The summed E-state index contributed by atoms with van der Waals surface area (Å²) < 4.78 is 2.25. The standard InChI is InChI=1S/C38H25N3/c1-2-16-31(17-3-1)41-36-21-7-6-20-35(36)40-38(41)30-14-9-12-27(24-30)26-11-8-13-28(23-26)34-25-29-15-10-22-39-37(29)33-19-5-4-18-32(33)34/h1-25H. The number of imidazole rings is 1. The Morgan fingerprint density at radius 1 is 0.488 bits per heavy atom. The van der Waals surface area contributed by atoms with E-state index in [1.165, 1.54) is 27.5 Å². The van der Waals surface area contributed by atoms with Crippen LogP contribution < -0.4 is 0 Å². The van der Waals surface area contributed by atoms with Gasteiger partial charge in [-0.1, -0.05) is 97.1 Å². The van der Waals surface area contributed by atoms with Gasteiger partial charge in [0.2, 0.25) is 0 Å². The number of benzene rings is 6. The van der Waals surface area contributed by atoms with Gasteiger partial charge in [0.15, 0.2) is 0 Å². The van der Waals surface area contributed by atoms with Crippen LogP contribution in [0.5, 0.6) is 0 Å². The highest BCUT2D eigenvalue weighted by atomic mass is 15.1. The van der Waals surface area contributed by atoms with Crippen molar-refractivity contribution < 1.29 is 0 Å². The molecular weight excluding hydrogens is 498 g/mol. The maximum absolute atomic E-state index is 5.08. The van der Waals surface area contributed by atoms with Crippen molar-refractivity contribution in [1.82, 2.24) is 14.5 Å². The Morgan fingerprint density at radius 2 is 1.17 bits per heavy atom. The minimum Gasteiger partial charge on any atom is -0.292 e. The number of aromatic nitrogens is 3. The molecule has 3 nitrogen and oxygen atoms in total. The summed E-state index contributed by atoms with van der Waals surface area (Å²) >= 11 is 0. The van der Waals surface area contributed by atoms with Gasteiger partial charge in [0.05, 0.1) is 16.6 Å². The molecule has 0 unspecified atom stereocenters. The summed E-state index contributed by atoms with van der Waals surface area (Å²) in [5, 5.41) is 3.53. The van der Waals surface area contributed by atoms with Gasteiger partial charge in [-0.3, -0.25) is 9.55 Å². The molecule has 3 heteroatoms. The highest BCUT2D eigenvalue weighted by molar-refractivity contribution is 6.12. The van der Waals surface area contributed by atoms with Gasteiger partial charge < -0.3 is 0 Å². The topological polar surface area (TPSA) is 30.7 Å². The third-order valence-electron chi connectivity index (χ3n) is 7.81. The van der Waals surface area contributed by atoms with Crippen molar-refractivity contribution in [2.45, 2.75) is 0 Å². The minimum atomic E-state index is 0.934. The van der Waals surface area contributed by atoms with Gasteiger partial charge in [0.1, 0.15) is 5.82 Å². The first-order valence-corrected chi connectivity index (χ1v) is 13.8. The zero-order valence-electron chi connectivity index (χ0n) is 22.3. The number of nitrogens with zero attached hydrogens (tertiary/aromatic N) is 3. The lowest BCUT2D eigenvalue weighted by molar-refractivity contribution is 1.10. The smallest absolute Gasteiger partial charge is 0.145 e. The number of para-hydroxylation sites is 3. The molecule has 0 amide bonds. The second kappa shape index (κ2) is 9.58. The molecule has 0 radical (unpaired) electrons. The molecule has 0 N–H and O–H groups in total. The van der Waals surface area contributed by atoms with Crippen LogP contribution in [-0.2, 0) is 0 Å². The highest BCUT2D eigenvalue weighted by Gasteiger charge is 2.15. The zero-order chi connectivity index (χ0) is 27.2. The Bertz CT molecular complexity index is 2210. The molecule has 0 bridgehead atoms. The quantitative estimate of drug-likeness (QED) is 0.215. The average molecular weight is 524 g/mol. The van der Waals surface area contributed by atoms with E-state index in [-0.39, 0.29) is 0 Å². The summed E-state index contributed by atoms with van der Waals surface area (Å²) in [7, 11) is 0. The van der Waals surface area contributed by atoms with Crippen molar-refractivity contribution in [3.8, 4) is 39.3 Å². The van der Waals surface area contributed by atoms with Crippen molar-refractivity contribution in [3.05, 3.63) is 152 Å². The molecule has 6 aromatic carbocycles. The fraction of sp³-hybridized carbons (Fsp3) is 0. The van der Waals surface area contributed by atoms with Gasteiger partial charge >= 0.3 is 0 Å². The molecule has 0 saturated carbocycles. The van der Waals surface area contributed by atoms with Crippen LogP contribution in [0.4, 0.5) is 0 Å². The van der Waals surface area contributed by atoms with Crippen molar-refractivity contribution in [3.63, 3.8) is 0 Å². The van der Waals surface area contributed by atoms with Crippen LogP contribution >= 0.6 is 0 Å². The normalized spacial score (nSPS) is 11.4. The number of hydrogen-bond acceptors (Lipinski definition) is 2. The van der Waals surface area contributed by atoms with E-state index in [1.807, 2.05) is 24.4 Å². The first-order chi connectivity index (χ1) is 20.3. The Morgan fingerprint density at radius 3 is 2.02 bits per heavy atom. The van der Waals surface area contributed by atoms with Crippen LogP contribution in [0.3, 0.4) is 0 Å². The summed E-state index contributed by atoms with van der Waals surface area (Å²) in [5.41, 5.74) is 10.0. The molecule has 8 aromatic rings. The molecule has 2 aromatic heterocycles. The van der Waals surface area contributed by atoms with Gasteiger partial charge in [-0.25, -0.2) is 4.98 Å². The van der Waals surface area contributed by atoms with E-state index in [2.05, 4.69) is 137 Å². The van der Waals surface area contributed by atoms with E-state index in [0.29, 0.717) is 0 Å². The van der Waals surface area contributed by atoms with E-state index < -0.39 is 0 Å². The maximum Gasteiger partial charge on any atom is 0.145 e. The van der Waals surface area contributed by atoms with Crippen molar-refractivity contribution in [2.24, 2.45) is 0 Å². The van der Waals surface area contributed by atoms with E-state index in [1.54, 1.807) is 0 Å². The van der Waals surface area contributed by atoms with Crippen LogP contribution in [0.2, 0.25) is 0 Å². The van der Waals surface area contributed by atoms with Crippen LogP contribution in [0.25, 0.3) is 72.0 Å². The molecule has 8 rings (SSSR count). The molecule has 41 heavy (non-hydrogen) atoms. The summed E-state index contributed by atoms with van der Waals surface area (Å²) in [6, 6.07) is 51.3. The van der Waals surface area contributed by atoms with Crippen LogP contribution in [0, 0.1) is 0 Å². The highest BCUT2D eigenvalue weighted by Crippen LogP contribution is 2.37. The molecule has 0 spiro atoms. The molecular formula is C38H25N3. The number of rotatable bonds is 4. The second-order valence-corrected chi connectivity index (χ2v) is 10.3. The van der Waals surface area contributed by atoms with Crippen LogP contribution in [-0.4, -0.2) is 14.5 Å². The Hall–Kier alpha value is -5.54. The number of fused-ring (bicyclic) bond motifs is 4. The molecule has 192 valence electrons. The van der Waals surface area contributed by atoms with E-state index >= 15 is 0 Å². The lowest BCUT2D eigenvalue weighted by Crippen LogP contribution is -1.97. The molecule has 0 atom stereocenters. The Kier molecular flexibility index (Phi) is 5.46. The molecule has 0 aliphatic rings. The molecule has 0 aliphatic heterocycles. The van der Waals surface area contributed by atoms with Crippen LogP contribution in [0.1, 0.15) is 0 Å². The first-order valence-electron chi connectivity index (χ1n) is 13.8. The van der Waals surface area contributed by atoms with Crippen molar-refractivity contribution in [2.75, 3.05) is 0 Å². The fourth-order valence-electron chi connectivity index (χ4n) is 5.92. The van der Waals surface area contributed by atoms with E-state index in [9.17, 15) is 0 Å². The van der Waals surface area contributed by atoms with Crippen molar-refractivity contribution in [1.29, 1.82) is 0 Å². The first kappa shape index (κ1) is 23.4. The summed E-state index contributed by atoms with van der Waals surface area (Å²) in [5.74, 6) is 0.934. The Balaban J connectivity index is 1.28.